The minimum atomic E-state index is 0.411. The van der Waals surface area contributed by atoms with Crippen molar-refractivity contribution in [2.45, 2.75) is 26.9 Å². The van der Waals surface area contributed by atoms with Crippen LogP contribution >= 0.6 is 8.58 Å². The lowest BCUT2D eigenvalue weighted by Crippen LogP contribution is -1.99. The first-order valence-electron chi connectivity index (χ1n) is 3.09. The maximum absolute atomic E-state index is 5.29. The monoisotopic (exact) mass is 134 g/mol. The van der Waals surface area contributed by atoms with Crippen LogP contribution in [0.1, 0.15) is 20.8 Å². The average Bonchev–Trinajstić information content (AvgIpc) is 1.66. The maximum atomic E-state index is 5.29. The Morgan fingerprint density at radius 2 is 2.12 bits per heavy atom. The molecular weight excluding hydrogens is 119 g/mol. The molecule has 0 saturated carbocycles. The molecule has 0 amide bonds. The number of hydrogen-bond donors (Lipinski definition) is 0. The van der Waals surface area contributed by atoms with Gasteiger partial charge < -0.3 is 4.74 Å². The molecule has 2 heteroatoms. The van der Waals surface area contributed by atoms with Crippen LogP contribution < -0.4 is 0 Å². The summed E-state index contributed by atoms with van der Waals surface area (Å²) < 4.78 is 5.29. The quantitative estimate of drug-likeness (QED) is 0.422. The molecule has 0 aliphatic carbocycles. The predicted octanol–water partition coefficient (Wildman–Crippen LogP) is 2.07. The minimum Gasteiger partial charge on any atom is -0.375 e. The molecule has 0 radical (unpaired) electrons. The lowest BCUT2D eigenvalue weighted by Gasteiger charge is -2.04. The number of hydrogen-bond acceptors (Lipinski definition) is 1. The van der Waals surface area contributed by atoms with Gasteiger partial charge in [0.05, 0.1) is 12.5 Å². The SMILES string of the molecule is CCPCOC(C)C. The summed E-state index contributed by atoms with van der Waals surface area (Å²) in [6.45, 7) is 6.32. The zero-order valence-electron chi connectivity index (χ0n) is 5.90. The number of rotatable bonds is 4. The lowest BCUT2D eigenvalue weighted by atomic mass is 10.5. The summed E-state index contributed by atoms with van der Waals surface area (Å²) in [4.78, 5) is 0. The topological polar surface area (TPSA) is 9.23 Å². The van der Waals surface area contributed by atoms with Crippen molar-refractivity contribution in [1.82, 2.24) is 0 Å². The van der Waals surface area contributed by atoms with Crippen LogP contribution in [0.3, 0.4) is 0 Å². The normalized spacial score (nSPS) is 12.0. The van der Waals surface area contributed by atoms with Gasteiger partial charge in [0.15, 0.2) is 0 Å². The van der Waals surface area contributed by atoms with Crippen molar-refractivity contribution in [2.75, 3.05) is 12.5 Å². The average molecular weight is 134 g/mol. The van der Waals surface area contributed by atoms with Gasteiger partial charge in [0.2, 0.25) is 0 Å². The van der Waals surface area contributed by atoms with Gasteiger partial charge in [-0.1, -0.05) is 15.5 Å². The zero-order valence-corrected chi connectivity index (χ0v) is 6.90. The van der Waals surface area contributed by atoms with Crippen molar-refractivity contribution in [1.29, 1.82) is 0 Å². The Hall–Kier alpha value is 0.390. The fourth-order valence-corrected chi connectivity index (χ4v) is 0.983. The Morgan fingerprint density at radius 3 is 2.50 bits per heavy atom. The molecule has 0 aliphatic heterocycles. The molecule has 1 atom stereocenters. The molecular formula is C6H15OP. The van der Waals surface area contributed by atoms with Gasteiger partial charge in [-0.25, -0.2) is 0 Å². The fraction of sp³-hybridized carbons (Fsp3) is 1.00. The molecule has 0 aliphatic rings. The van der Waals surface area contributed by atoms with Crippen LogP contribution in [0.15, 0.2) is 0 Å². The summed E-state index contributed by atoms with van der Waals surface area (Å²) in [5.74, 6) is 0. The second kappa shape index (κ2) is 5.53. The summed E-state index contributed by atoms with van der Waals surface area (Å²) in [5.41, 5.74) is 0. The van der Waals surface area contributed by atoms with Crippen LogP contribution in [-0.4, -0.2) is 18.6 Å². The summed E-state index contributed by atoms with van der Waals surface area (Å²) in [6.07, 6.45) is 2.62. The first-order chi connectivity index (χ1) is 3.77. The molecule has 0 aromatic rings. The van der Waals surface area contributed by atoms with E-state index in [-0.39, 0.29) is 0 Å². The van der Waals surface area contributed by atoms with E-state index in [4.69, 9.17) is 4.74 Å². The third kappa shape index (κ3) is 6.39. The van der Waals surface area contributed by atoms with E-state index < -0.39 is 0 Å². The van der Waals surface area contributed by atoms with Crippen LogP contribution in [0.25, 0.3) is 0 Å². The molecule has 1 nitrogen and oxygen atoms in total. The van der Waals surface area contributed by atoms with Gasteiger partial charge in [0.1, 0.15) is 0 Å². The molecule has 1 unspecified atom stereocenters. The van der Waals surface area contributed by atoms with Crippen LogP contribution in [0, 0.1) is 0 Å². The van der Waals surface area contributed by atoms with Crippen LogP contribution in [0.4, 0.5) is 0 Å². The van der Waals surface area contributed by atoms with Crippen LogP contribution in [0.5, 0.6) is 0 Å². The maximum Gasteiger partial charge on any atom is 0.0634 e. The number of ether oxygens (including phenoxy) is 1. The van der Waals surface area contributed by atoms with Crippen molar-refractivity contribution in [2.24, 2.45) is 0 Å². The first kappa shape index (κ1) is 8.39. The molecule has 0 fully saturated rings. The fourth-order valence-electron chi connectivity index (χ4n) is 0.328. The Labute approximate surface area is 53.6 Å². The molecule has 0 bridgehead atoms. The summed E-state index contributed by atoms with van der Waals surface area (Å²) in [5, 5.41) is 0. The van der Waals surface area contributed by atoms with Crippen molar-refractivity contribution in [3.8, 4) is 0 Å². The van der Waals surface area contributed by atoms with Gasteiger partial charge in [-0.3, -0.25) is 0 Å². The molecule has 0 saturated heterocycles. The van der Waals surface area contributed by atoms with Gasteiger partial charge in [-0.15, -0.1) is 0 Å². The van der Waals surface area contributed by atoms with Crippen molar-refractivity contribution in [3.05, 3.63) is 0 Å². The van der Waals surface area contributed by atoms with E-state index in [1.54, 1.807) is 0 Å². The van der Waals surface area contributed by atoms with Crippen molar-refractivity contribution < 1.29 is 4.74 Å². The highest BCUT2D eigenvalue weighted by Crippen LogP contribution is 2.08. The molecule has 0 aromatic heterocycles. The first-order valence-corrected chi connectivity index (χ1v) is 4.51. The van der Waals surface area contributed by atoms with Crippen molar-refractivity contribution in [3.63, 3.8) is 0 Å². The molecule has 8 heavy (non-hydrogen) atoms. The summed E-state index contributed by atoms with van der Waals surface area (Å²) >= 11 is 0. The largest absolute Gasteiger partial charge is 0.375 e. The van der Waals surface area contributed by atoms with Gasteiger partial charge >= 0.3 is 0 Å². The smallest absolute Gasteiger partial charge is 0.0634 e. The zero-order chi connectivity index (χ0) is 6.41. The van der Waals surface area contributed by atoms with Gasteiger partial charge in [-0.05, 0) is 20.0 Å². The van der Waals surface area contributed by atoms with E-state index in [9.17, 15) is 0 Å². The molecule has 0 spiro atoms. The Bertz CT molecular complexity index is 45.8. The van der Waals surface area contributed by atoms with E-state index in [2.05, 4.69) is 20.8 Å². The van der Waals surface area contributed by atoms with Gasteiger partial charge in [-0.2, -0.15) is 0 Å². The molecule has 0 rings (SSSR count). The molecule has 0 aromatic carbocycles. The Balaban J connectivity index is 2.72. The summed E-state index contributed by atoms with van der Waals surface area (Å²) in [6, 6.07) is 0. The Kier molecular flexibility index (Phi) is 5.79. The highest BCUT2D eigenvalue weighted by Gasteiger charge is 1.88. The van der Waals surface area contributed by atoms with E-state index in [1.807, 2.05) is 0 Å². The highest BCUT2D eigenvalue weighted by molar-refractivity contribution is 7.37. The van der Waals surface area contributed by atoms with E-state index >= 15 is 0 Å². The van der Waals surface area contributed by atoms with Gasteiger partial charge in [0.25, 0.3) is 0 Å². The Morgan fingerprint density at radius 1 is 1.50 bits per heavy atom. The molecule has 50 valence electrons. The minimum absolute atomic E-state index is 0.411. The standard InChI is InChI=1S/C6H15OP/c1-4-8-5-7-6(2)3/h6,8H,4-5H2,1-3H3. The summed E-state index contributed by atoms with van der Waals surface area (Å²) in [7, 11) is 0.985. The van der Waals surface area contributed by atoms with Crippen LogP contribution in [0.2, 0.25) is 0 Å². The van der Waals surface area contributed by atoms with Crippen LogP contribution in [-0.2, 0) is 4.74 Å². The lowest BCUT2D eigenvalue weighted by molar-refractivity contribution is 0.119. The molecule has 0 N–H and O–H groups in total. The predicted molar refractivity (Wildman–Crippen MR) is 39.9 cm³/mol. The molecule has 0 heterocycles. The van der Waals surface area contributed by atoms with Crippen molar-refractivity contribution >= 4 is 8.58 Å². The van der Waals surface area contributed by atoms with E-state index in [0.717, 1.165) is 14.9 Å². The van der Waals surface area contributed by atoms with Gasteiger partial charge in [0, 0.05) is 0 Å². The third-order valence-electron chi connectivity index (χ3n) is 0.769. The second-order valence-electron chi connectivity index (χ2n) is 1.96. The van der Waals surface area contributed by atoms with E-state index in [0.29, 0.717) is 6.10 Å². The third-order valence-corrected chi connectivity index (χ3v) is 1.64. The van der Waals surface area contributed by atoms with E-state index in [1.165, 1.54) is 6.16 Å². The highest BCUT2D eigenvalue weighted by atomic mass is 31.1. The second-order valence-corrected chi connectivity index (χ2v) is 3.46.